The van der Waals surface area contributed by atoms with E-state index in [1.165, 1.54) is 12.1 Å². The standard InChI is InChI=1S/C19H20FNO2/c1-13(2)12-23-18-6-4-5-16(11-18)19(22)21-14(3)15-7-9-17(20)10-8-15/h4-11,14H,1,12H2,2-3H3,(H,21,22). The summed E-state index contributed by atoms with van der Waals surface area (Å²) >= 11 is 0. The zero-order valence-electron chi connectivity index (χ0n) is 13.3. The minimum absolute atomic E-state index is 0.206. The summed E-state index contributed by atoms with van der Waals surface area (Å²) in [5.74, 6) is 0.118. The molecule has 2 aromatic carbocycles. The van der Waals surface area contributed by atoms with Crippen LogP contribution in [0.25, 0.3) is 0 Å². The summed E-state index contributed by atoms with van der Waals surface area (Å²) in [5.41, 5.74) is 2.26. The van der Waals surface area contributed by atoms with Crippen LogP contribution in [0.3, 0.4) is 0 Å². The first kappa shape index (κ1) is 16.7. The molecule has 4 heteroatoms. The molecule has 0 spiro atoms. The lowest BCUT2D eigenvalue weighted by Gasteiger charge is -2.15. The molecule has 0 heterocycles. The van der Waals surface area contributed by atoms with Gasteiger partial charge in [-0.1, -0.05) is 24.8 Å². The number of rotatable bonds is 6. The summed E-state index contributed by atoms with van der Waals surface area (Å²) in [4.78, 5) is 12.3. The predicted molar refractivity (Wildman–Crippen MR) is 89.0 cm³/mol. The Hall–Kier alpha value is -2.62. The van der Waals surface area contributed by atoms with Gasteiger partial charge in [-0.05, 0) is 55.3 Å². The van der Waals surface area contributed by atoms with Crippen LogP contribution < -0.4 is 10.1 Å². The topological polar surface area (TPSA) is 38.3 Å². The van der Waals surface area contributed by atoms with Crippen molar-refractivity contribution in [3.8, 4) is 5.75 Å². The highest BCUT2D eigenvalue weighted by molar-refractivity contribution is 5.94. The maximum atomic E-state index is 12.9. The number of amides is 1. The molecular formula is C19H20FNO2. The Morgan fingerprint density at radius 1 is 1.26 bits per heavy atom. The fourth-order valence-electron chi connectivity index (χ4n) is 2.05. The Kier molecular flexibility index (Phi) is 5.52. The Labute approximate surface area is 135 Å². The van der Waals surface area contributed by atoms with Crippen molar-refractivity contribution >= 4 is 5.91 Å². The van der Waals surface area contributed by atoms with Crippen LogP contribution in [0.4, 0.5) is 4.39 Å². The van der Waals surface area contributed by atoms with Crippen molar-refractivity contribution in [2.24, 2.45) is 0 Å². The van der Waals surface area contributed by atoms with Crippen LogP contribution in [0.2, 0.25) is 0 Å². The van der Waals surface area contributed by atoms with Crippen molar-refractivity contribution in [3.63, 3.8) is 0 Å². The fourth-order valence-corrected chi connectivity index (χ4v) is 2.05. The molecule has 0 fully saturated rings. The van der Waals surface area contributed by atoms with E-state index in [0.29, 0.717) is 17.9 Å². The lowest BCUT2D eigenvalue weighted by atomic mass is 10.1. The number of halogens is 1. The number of hydrogen-bond acceptors (Lipinski definition) is 2. The lowest BCUT2D eigenvalue weighted by Crippen LogP contribution is -2.26. The minimum Gasteiger partial charge on any atom is -0.489 e. The van der Waals surface area contributed by atoms with Crippen LogP contribution in [-0.4, -0.2) is 12.5 Å². The first-order chi connectivity index (χ1) is 11.0. The molecule has 120 valence electrons. The Morgan fingerprint density at radius 3 is 2.61 bits per heavy atom. The molecule has 0 aliphatic heterocycles. The molecule has 0 aliphatic rings. The third-order valence-electron chi connectivity index (χ3n) is 3.30. The third-order valence-corrected chi connectivity index (χ3v) is 3.30. The smallest absolute Gasteiger partial charge is 0.251 e. The molecule has 1 atom stereocenters. The van der Waals surface area contributed by atoms with Crippen molar-refractivity contribution in [1.29, 1.82) is 0 Å². The Morgan fingerprint density at radius 2 is 1.96 bits per heavy atom. The minimum atomic E-state index is -0.297. The van der Waals surface area contributed by atoms with Gasteiger partial charge >= 0.3 is 0 Å². The highest BCUT2D eigenvalue weighted by Gasteiger charge is 2.12. The molecule has 0 aliphatic carbocycles. The van der Waals surface area contributed by atoms with Gasteiger partial charge in [-0.2, -0.15) is 0 Å². The molecule has 3 nitrogen and oxygen atoms in total. The van der Waals surface area contributed by atoms with E-state index in [9.17, 15) is 9.18 Å². The number of carbonyl (C=O) groups is 1. The second kappa shape index (κ2) is 7.58. The van der Waals surface area contributed by atoms with Gasteiger partial charge in [-0.15, -0.1) is 0 Å². The van der Waals surface area contributed by atoms with Crippen LogP contribution in [0.5, 0.6) is 5.75 Å². The lowest BCUT2D eigenvalue weighted by molar-refractivity contribution is 0.0939. The summed E-state index contributed by atoms with van der Waals surface area (Å²) in [6.45, 7) is 7.92. The summed E-state index contributed by atoms with van der Waals surface area (Å²) < 4.78 is 18.5. The number of carbonyl (C=O) groups excluding carboxylic acids is 1. The summed E-state index contributed by atoms with van der Waals surface area (Å²) in [6.07, 6.45) is 0. The molecule has 1 amide bonds. The van der Waals surface area contributed by atoms with Crippen LogP contribution in [0, 0.1) is 5.82 Å². The molecule has 0 saturated heterocycles. The Bertz CT molecular complexity index is 695. The van der Waals surface area contributed by atoms with Gasteiger partial charge in [0, 0.05) is 5.56 Å². The molecule has 1 unspecified atom stereocenters. The van der Waals surface area contributed by atoms with Gasteiger partial charge in [0.25, 0.3) is 5.91 Å². The van der Waals surface area contributed by atoms with Crippen molar-refractivity contribution in [2.75, 3.05) is 6.61 Å². The average Bonchev–Trinajstić information content (AvgIpc) is 2.53. The second-order valence-electron chi connectivity index (χ2n) is 5.52. The zero-order valence-corrected chi connectivity index (χ0v) is 13.3. The molecule has 0 bridgehead atoms. The van der Waals surface area contributed by atoms with Gasteiger partial charge in [-0.3, -0.25) is 4.79 Å². The quantitative estimate of drug-likeness (QED) is 0.809. The van der Waals surface area contributed by atoms with E-state index in [2.05, 4.69) is 11.9 Å². The van der Waals surface area contributed by atoms with Gasteiger partial charge in [0.1, 0.15) is 18.2 Å². The molecule has 1 N–H and O–H groups in total. The van der Waals surface area contributed by atoms with Gasteiger partial charge in [0.05, 0.1) is 6.04 Å². The van der Waals surface area contributed by atoms with Crippen molar-refractivity contribution < 1.29 is 13.9 Å². The van der Waals surface area contributed by atoms with Gasteiger partial charge in [-0.25, -0.2) is 4.39 Å². The third kappa shape index (κ3) is 4.95. The van der Waals surface area contributed by atoms with E-state index < -0.39 is 0 Å². The van der Waals surface area contributed by atoms with Crippen LogP contribution >= 0.6 is 0 Å². The number of ether oxygens (including phenoxy) is 1. The largest absolute Gasteiger partial charge is 0.489 e. The van der Waals surface area contributed by atoms with E-state index >= 15 is 0 Å². The van der Waals surface area contributed by atoms with E-state index in [0.717, 1.165) is 11.1 Å². The first-order valence-electron chi connectivity index (χ1n) is 7.39. The first-order valence-corrected chi connectivity index (χ1v) is 7.39. The molecule has 0 saturated carbocycles. The Balaban J connectivity index is 2.03. The predicted octanol–water partition coefficient (Wildman–Crippen LogP) is 4.27. The van der Waals surface area contributed by atoms with Crippen LogP contribution in [0.1, 0.15) is 35.8 Å². The van der Waals surface area contributed by atoms with Crippen molar-refractivity contribution in [3.05, 3.63) is 77.6 Å². The van der Waals surface area contributed by atoms with Crippen molar-refractivity contribution in [2.45, 2.75) is 19.9 Å². The molecule has 0 aromatic heterocycles. The van der Waals surface area contributed by atoms with Crippen LogP contribution in [0.15, 0.2) is 60.7 Å². The zero-order chi connectivity index (χ0) is 16.8. The fraction of sp³-hybridized carbons (Fsp3) is 0.211. The van der Waals surface area contributed by atoms with Gasteiger partial charge in [0.15, 0.2) is 0 Å². The summed E-state index contributed by atoms with van der Waals surface area (Å²) in [7, 11) is 0. The maximum Gasteiger partial charge on any atom is 0.251 e. The van der Waals surface area contributed by atoms with Crippen LogP contribution in [-0.2, 0) is 0 Å². The molecule has 2 aromatic rings. The van der Waals surface area contributed by atoms with Crippen molar-refractivity contribution in [1.82, 2.24) is 5.32 Å². The number of benzene rings is 2. The summed E-state index contributed by atoms with van der Waals surface area (Å²) in [6, 6.07) is 12.8. The maximum absolute atomic E-state index is 12.9. The average molecular weight is 313 g/mol. The molecule has 0 radical (unpaired) electrons. The normalized spacial score (nSPS) is 11.6. The van der Waals surface area contributed by atoms with Gasteiger partial charge in [0.2, 0.25) is 0 Å². The molecular weight excluding hydrogens is 293 g/mol. The number of nitrogens with one attached hydrogen (secondary N) is 1. The van der Waals surface area contributed by atoms with E-state index in [1.807, 2.05) is 13.8 Å². The highest BCUT2D eigenvalue weighted by atomic mass is 19.1. The molecule has 23 heavy (non-hydrogen) atoms. The van der Waals surface area contributed by atoms with E-state index in [1.54, 1.807) is 36.4 Å². The van der Waals surface area contributed by atoms with E-state index in [-0.39, 0.29) is 17.8 Å². The second-order valence-corrected chi connectivity index (χ2v) is 5.52. The SMILES string of the molecule is C=C(C)COc1cccc(C(=O)NC(C)c2ccc(F)cc2)c1. The van der Waals surface area contributed by atoms with Gasteiger partial charge < -0.3 is 10.1 Å². The highest BCUT2D eigenvalue weighted by Crippen LogP contribution is 2.17. The van der Waals surface area contributed by atoms with E-state index in [4.69, 9.17) is 4.74 Å². The monoisotopic (exact) mass is 313 g/mol. The molecule has 2 rings (SSSR count). The number of hydrogen-bond donors (Lipinski definition) is 1. The summed E-state index contributed by atoms with van der Waals surface area (Å²) in [5, 5.41) is 2.89.